The smallest absolute Gasteiger partial charge is 0.0753 e. The van der Waals surface area contributed by atoms with E-state index in [2.05, 4.69) is 19.2 Å². The normalized spacial score (nSPS) is 10.8. The molecule has 0 atom stereocenters. The van der Waals surface area contributed by atoms with Crippen LogP contribution in [-0.2, 0) is 0 Å². The molecule has 1 nitrogen and oxygen atoms in total. The van der Waals surface area contributed by atoms with E-state index in [0.717, 1.165) is 18.0 Å². The van der Waals surface area contributed by atoms with Gasteiger partial charge in [0.2, 0.25) is 0 Å². The van der Waals surface area contributed by atoms with Crippen molar-refractivity contribution in [2.45, 2.75) is 110 Å². The average Bonchev–Trinajstić information content (AvgIpc) is 2.49. The summed E-state index contributed by atoms with van der Waals surface area (Å²) in [6.07, 6.45) is 20.7. The van der Waals surface area contributed by atoms with Gasteiger partial charge >= 0.3 is 0 Å². The lowest BCUT2D eigenvalue weighted by Gasteiger charge is -2.06. The Labute approximate surface area is 139 Å². The second-order valence-electron chi connectivity index (χ2n) is 6.34. The van der Waals surface area contributed by atoms with Crippen LogP contribution in [0.5, 0.6) is 0 Å². The lowest BCUT2D eigenvalue weighted by Crippen LogP contribution is -2.21. The van der Waals surface area contributed by atoms with E-state index in [1.165, 1.54) is 89.9 Å². The van der Waals surface area contributed by atoms with Gasteiger partial charge in [0.25, 0.3) is 0 Å². The molecule has 0 bridgehead atoms. The summed E-state index contributed by atoms with van der Waals surface area (Å²) < 4.78 is 0. The van der Waals surface area contributed by atoms with E-state index >= 15 is 0 Å². The summed E-state index contributed by atoms with van der Waals surface area (Å²) in [5.74, 6) is 0. The van der Waals surface area contributed by atoms with Crippen LogP contribution >= 0.6 is 12.2 Å². The van der Waals surface area contributed by atoms with Gasteiger partial charge in [-0.2, -0.15) is 0 Å². The molecule has 0 aliphatic carbocycles. The van der Waals surface area contributed by atoms with Crippen molar-refractivity contribution in [3.63, 3.8) is 0 Å². The van der Waals surface area contributed by atoms with Gasteiger partial charge in [-0.1, -0.05) is 103 Å². The quantitative estimate of drug-likeness (QED) is 0.248. The fourth-order valence-electron chi connectivity index (χ4n) is 2.66. The zero-order valence-electron chi connectivity index (χ0n) is 14.7. The van der Waals surface area contributed by atoms with Gasteiger partial charge in [-0.05, 0) is 19.3 Å². The lowest BCUT2D eigenvalue weighted by molar-refractivity contribution is 0.540. The maximum Gasteiger partial charge on any atom is 0.0753 e. The first-order chi connectivity index (χ1) is 10.3. The number of hydrogen-bond donors (Lipinski definition) is 1. The highest BCUT2D eigenvalue weighted by molar-refractivity contribution is 7.80. The van der Waals surface area contributed by atoms with Crippen LogP contribution in [0.1, 0.15) is 110 Å². The molecule has 126 valence electrons. The molecule has 0 aliphatic rings. The topological polar surface area (TPSA) is 12.0 Å². The highest BCUT2D eigenvalue weighted by Crippen LogP contribution is 2.12. The summed E-state index contributed by atoms with van der Waals surface area (Å²) in [4.78, 5) is 1.07. The third-order valence-corrected chi connectivity index (χ3v) is 4.43. The van der Waals surface area contributed by atoms with E-state index < -0.39 is 0 Å². The second-order valence-corrected chi connectivity index (χ2v) is 6.84. The van der Waals surface area contributed by atoms with Gasteiger partial charge < -0.3 is 5.32 Å². The zero-order chi connectivity index (χ0) is 15.6. The van der Waals surface area contributed by atoms with E-state index in [9.17, 15) is 0 Å². The molecule has 0 unspecified atom stereocenters. The van der Waals surface area contributed by atoms with Crippen molar-refractivity contribution in [3.05, 3.63) is 0 Å². The van der Waals surface area contributed by atoms with Crippen LogP contribution in [-0.4, -0.2) is 11.5 Å². The van der Waals surface area contributed by atoms with Gasteiger partial charge in [-0.3, -0.25) is 0 Å². The summed E-state index contributed by atoms with van der Waals surface area (Å²) >= 11 is 5.29. The van der Waals surface area contributed by atoms with Crippen LogP contribution in [0.2, 0.25) is 0 Å². The number of rotatable bonds is 16. The molecule has 0 aromatic carbocycles. The molecule has 0 spiro atoms. The molecule has 0 rings (SSSR count). The molecule has 0 saturated carbocycles. The van der Waals surface area contributed by atoms with E-state index in [4.69, 9.17) is 12.2 Å². The van der Waals surface area contributed by atoms with Crippen LogP contribution < -0.4 is 5.32 Å². The van der Waals surface area contributed by atoms with Gasteiger partial charge in [0, 0.05) is 6.54 Å². The summed E-state index contributed by atoms with van der Waals surface area (Å²) in [7, 11) is 0. The van der Waals surface area contributed by atoms with Crippen LogP contribution in [0.15, 0.2) is 0 Å². The Morgan fingerprint density at radius 2 is 1.05 bits per heavy atom. The minimum atomic E-state index is 1.04. The van der Waals surface area contributed by atoms with Crippen LogP contribution in [0.4, 0.5) is 0 Å². The average molecular weight is 314 g/mol. The Hall–Kier alpha value is -0.110. The zero-order valence-corrected chi connectivity index (χ0v) is 15.5. The first kappa shape index (κ1) is 20.9. The van der Waals surface area contributed by atoms with Crippen molar-refractivity contribution in [2.75, 3.05) is 6.54 Å². The lowest BCUT2D eigenvalue weighted by atomic mass is 10.0. The maximum atomic E-state index is 5.29. The van der Waals surface area contributed by atoms with Gasteiger partial charge in [-0.25, -0.2) is 0 Å². The van der Waals surface area contributed by atoms with Crippen LogP contribution in [0.3, 0.4) is 0 Å². The largest absolute Gasteiger partial charge is 0.380 e. The Balaban J connectivity index is 3.04. The Morgan fingerprint density at radius 1 is 0.619 bits per heavy atom. The third-order valence-electron chi connectivity index (χ3n) is 4.08. The molecule has 0 heterocycles. The van der Waals surface area contributed by atoms with Crippen LogP contribution in [0, 0.1) is 0 Å². The van der Waals surface area contributed by atoms with Crippen molar-refractivity contribution >= 4 is 17.2 Å². The highest BCUT2D eigenvalue weighted by atomic mass is 32.1. The van der Waals surface area contributed by atoms with E-state index in [-0.39, 0.29) is 0 Å². The summed E-state index contributed by atoms with van der Waals surface area (Å²) in [5, 5.41) is 3.31. The molecule has 2 heteroatoms. The molecule has 0 radical (unpaired) electrons. The molecule has 0 aromatic rings. The molecule has 1 N–H and O–H groups in total. The van der Waals surface area contributed by atoms with E-state index in [1.807, 2.05) is 0 Å². The predicted octanol–water partition coefficient (Wildman–Crippen LogP) is 6.79. The summed E-state index contributed by atoms with van der Waals surface area (Å²) in [6.45, 7) is 5.51. The monoisotopic (exact) mass is 313 g/mol. The van der Waals surface area contributed by atoms with Crippen LogP contribution in [0.25, 0.3) is 0 Å². The second kappa shape index (κ2) is 17.9. The molecule has 0 aliphatic heterocycles. The molecule has 0 saturated heterocycles. The maximum absolute atomic E-state index is 5.29. The molecule has 0 amide bonds. The van der Waals surface area contributed by atoms with Gasteiger partial charge in [0.05, 0.1) is 4.99 Å². The summed E-state index contributed by atoms with van der Waals surface area (Å²) in [6, 6.07) is 0. The fraction of sp³-hybridized carbons (Fsp3) is 0.947. The van der Waals surface area contributed by atoms with Gasteiger partial charge in [0.1, 0.15) is 0 Å². The SMILES string of the molecule is CCCCCCCCCCCCCCCC(=S)NCCC. The minimum absolute atomic E-state index is 1.04. The van der Waals surface area contributed by atoms with E-state index in [0.29, 0.717) is 0 Å². The fourth-order valence-corrected chi connectivity index (χ4v) is 2.90. The third kappa shape index (κ3) is 17.8. The van der Waals surface area contributed by atoms with Gasteiger partial charge in [0.15, 0.2) is 0 Å². The minimum Gasteiger partial charge on any atom is -0.380 e. The van der Waals surface area contributed by atoms with Crippen molar-refractivity contribution < 1.29 is 0 Å². The highest BCUT2D eigenvalue weighted by Gasteiger charge is 1.96. The van der Waals surface area contributed by atoms with Crippen molar-refractivity contribution in [1.82, 2.24) is 5.32 Å². The number of nitrogens with one attached hydrogen (secondary N) is 1. The Kier molecular flexibility index (Phi) is 17.8. The van der Waals surface area contributed by atoms with Gasteiger partial charge in [-0.15, -0.1) is 0 Å². The number of unbranched alkanes of at least 4 members (excludes halogenated alkanes) is 12. The first-order valence-corrected chi connectivity index (χ1v) is 9.98. The molecular weight excluding hydrogens is 274 g/mol. The molecular formula is C19H39NS. The number of hydrogen-bond acceptors (Lipinski definition) is 1. The molecule has 0 fully saturated rings. The summed E-state index contributed by atoms with van der Waals surface area (Å²) in [5.41, 5.74) is 0. The predicted molar refractivity (Wildman–Crippen MR) is 101 cm³/mol. The Morgan fingerprint density at radius 3 is 1.48 bits per heavy atom. The molecule has 0 aromatic heterocycles. The van der Waals surface area contributed by atoms with Crippen molar-refractivity contribution in [2.24, 2.45) is 0 Å². The van der Waals surface area contributed by atoms with Crippen molar-refractivity contribution in [1.29, 1.82) is 0 Å². The first-order valence-electron chi connectivity index (χ1n) is 9.58. The standard InChI is InChI=1S/C19H39NS/c1-3-5-6-7-8-9-10-11-12-13-14-15-16-17-19(21)20-18-4-2/h3-18H2,1-2H3,(H,20,21). The van der Waals surface area contributed by atoms with E-state index in [1.54, 1.807) is 0 Å². The number of thiocarbonyl (C=S) groups is 1. The van der Waals surface area contributed by atoms with Crippen molar-refractivity contribution in [3.8, 4) is 0 Å². The Bertz CT molecular complexity index is 216. The molecule has 21 heavy (non-hydrogen) atoms.